The van der Waals surface area contributed by atoms with Crippen LogP contribution in [0.25, 0.3) is 0 Å². The molecule has 6 nitrogen and oxygen atoms in total. The third-order valence-corrected chi connectivity index (χ3v) is 5.77. The van der Waals surface area contributed by atoms with Crippen molar-refractivity contribution >= 4 is 5.91 Å². The van der Waals surface area contributed by atoms with Gasteiger partial charge in [-0.3, -0.25) is 9.69 Å². The number of rotatable bonds is 4. The highest BCUT2D eigenvalue weighted by atomic mass is 16.5. The fourth-order valence-corrected chi connectivity index (χ4v) is 4.10. The van der Waals surface area contributed by atoms with Gasteiger partial charge >= 0.3 is 0 Å². The Morgan fingerprint density at radius 3 is 2.92 bits per heavy atom. The van der Waals surface area contributed by atoms with Gasteiger partial charge in [0.15, 0.2) is 5.76 Å². The number of aromatic nitrogens is 1. The molecular weight excluding hydrogens is 330 g/mol. The summed E-state index contributed by atoms with van der Waals surface area (Å²) < 4.78 is 11.2. The van der Waals surface area contributed by atoms with Crippen molar-refractivity contribution in [2.45, 2.75) is 25.3 Å². The average Bonchev–Trinajstić information content (AvgIpc) is 3.05. The maximum Gasteiger partial charge on any atom is 0.289 e. The third-order valence-electron chi connectivity index (χ3n) is 5.77. The largest absolute Gasteiger partial charge is 0.477 e. The van der Waals surface area contributed by atoms with Gasteiger partial charge < -0.3 is 14.1 Å². The highest BCUT2D eigenvalue weighted by Crippen LogP contribution is 2.39. The van der Waals surface area contributed by atoms with Crippen molar-refractivity contribution in [2.24, 2.45) is 5.92 Å². The molecule has 1 atom stereocenters. The SMILES string of the molecule is Cc1ccoc1C(=O)N1CC2(CC(COc3ccccn3)CCN2C)C1. The van der Waals surface area contributed by atoms with Gasteiger partial charge in [0.25, 0.3) is 5.91 Å². The molecule has 138 valence electrons. The standard InChI is InChI=1S/C20H25N3O3/c1-15-7-10-25-18(15)19(24)23-13-20(14-23)11-16(6-9-22(20)2)12-26-17-5-3-4-8-21-17/h3-5,7-8,10,16H,6,9,11-14H2,1-2H3. The monoisotopic (exact) mass is 355 g/mol. The van der Waals surface area contributed by atoms with Gasteiger partial charge in [-0.2, -0.15) is 0 Å². The highest BCUT2D eigenvalue weighted by Gasteiger charge is 2.51. The van der Waals surface area contributed by atoms with Crippen molar-refractivity contribution in [3.63, 3.8) is 0 Å². The van der Waals surface area contributed by atoms with Crippen molar-refractivity contribution in [1.82, 2.24) is 14.8 Å². The number of piperidine rings is 1. The van der Waals surface area contributed by atoms with Crippen LogP contribution in [0, 0.1) is 12.8 Å². The molecule has 0 saturated carbocycles. The molecule has 0 bridgehead atoms. The molecule has 2 aliphatic rings. The van der Waals surface area contributed by atoms with E-state index in [9.17, 15) is 4.79 Å². The second kappa shape index (κ2) is 6.76. The number of amides is 1. The molecule has 0 radical (unpaired) electrons. The van der Waals surface area contributed by atoms with E-state index in [-0.39, 0.29) is 11.4 Å². The summed E-state index contributed by atoms with van der Waals surface area (Å²) in [6.45, 7) is 5.12. The Morgan fingerprint density at radius 1 is 1.38 bits per heavy atom. The van der Waals surface area contributed by atoms with E-state index in [0.29, 0.717) is 24.2 Å². The number of aryl methyl sites for hydroxylation is 1. The summed E-state index contributed by atoms with van der Waals surface area (Å²) in [5.74, 6) is 1.63. The van der Waals surface area contributed by atoms with Crippen molar-refractivity contribution in [3.05, 3.63) is 48.0 Å². The summed E-state index contributed by atoms with van der Waals surface area (Å²) in [5.41, 5.74) is 0.960. The van der Waals surface area contributed by atoms with Crippen LogP contribution in [-0.2, 0) is 0 Å². The second-order valence-corrected chi connectivity index (χ2v) is 7.58. The number of carbonyl (C=O) groups is 1. The zero-order valence-electron chi connectivity index (χ0n) is 15.4. The van der Waals surface area contributed by atoms with Gasteiger partial charge in [0.1, 0.15) is 0 Å². The molecule has 1 amide bonds. The van der Waals surface area contributed by atoms with Gasteiger partial charge in [-0.25, -0.2) is 4.98 Å². The molecule has 4 heterocycles. The van der Waals surface area contributed by atoms with E-state index in [0.717, 1.165) is 38.0 Å². The molecule has 2 aromatic rings. The molecule has 1 unspecified atom stereocenters. The quantitative estimate of drug-likeness (QED) is 0.844. The van der Waals surface area contributed by atoms with Crippen molar-refractivity contribution in [3.8, 4) is 5.88 Å². The summed E-state index contributed by atoms with van der Waals surface area (Å²) in [6, 6.07) is 7.54. The summed E-state index contributed by atoms with van der Waals surface area (Å²) >= 11 is 0. The predicted molar refractivity (Wildman–Crippen MR) is 97.2 cm³/mol. The van der Waals surface area contributed by atoms with Crippen LogP contribution in [0.5, 0.6) is 5.88 Å². The lowest BCUT2D eigenvalue weighted by molar-refractivity contribution is -0.0703. The molecule has 0 aliphatic carbocycles. The van der Waals surface area contributed by atoms with Crippen LogP contribution in [0.1, 0.15) is 29.0 Å². The lowest BCUT2D eigenvalue weighted by atomic mass is 9.75. The first-order chi connectivity index (χ1) is 12.6. The van der Waals surface area contributed by atoms with E-state index in [2.05, 4.69) is 16.9 Å². The van der Waals surface area contributed by atoms with E-state index in [1.165, 1.54) is 0 Å². The van der Waals surface area contributed by atoms with Gasteiger partial charge in [0, 0.05) is 30.9 Å². The molecule has 2 fully saturated rings. The number of nitrogens with zero attached hydrogens (tertiary/aromatic N) is 3. The zero-order chi connectivity index (χ0) is 18.1. The normalized spacial score (nSPS) is 22.2. The van der Waals surface area contributed by atoms with Crippen LogP contribution in [0.2, 0.25) is 0 Å². The number of furan rings is 1. The summed E-state index contributed by atoms with van der Waals surface area (Å²) in [4.78, 5) is 21.1. The Labute approximate surface area is 153 Å². The minimum absolute atomic E-state index is 0.00150. The zero-order valence-corrected chi connectivity index (χ0v) is 15.4. The topological polar surface area (TPSA) is 58.8 Å². The van der Waals surface area contributed by atoms with Crippen molar-refractivity contribution < 1.29 is 13.9 Å². The molecule has 0 aromatic carbocycles. The van der Waals surface area contributed by atoms with Crippen LogP contribution in [0.4, 0.5) is 0 Å². The number of carbonyl (C=O) groups excluding carboxylic acids is 1. The number of ether oxygens (including phenoxy) is 1. The van der Waals surface area contributed by atoms with Gasteiger partial charge in [-0.1, -0.05) is 6.07 Å². The van der Waals surface area contributed by atoms with Crippen molar-refractivity contribution in [1.29, 1.82) is 0 Å². The Balaban J connectivity index is 1.36. The minimum Gasteiger partial charge on any atom is -0.477 e. The number of likely N-dealkylation sites (tertiary alicyclic amines) is 2. The first-order valence-electron chi connectivity index (χ1n) is 9.16. The molecule has 4 rings (SSSR count). The Hall–Kier alpha value is -2.34. The summed E-state index contributed by atoms with van der Waals surface area (Å²) in [5, 5.41) is 0. The molecular formula is C20H25N3O3. The molecule has 26 heavy (non-hydrogen) atoms. The molecule has 0 N–H and O–H groups in total. The maximum absolute atomic E-state index is 12.6. The van der Waals surface area contributed by atoms with Crippen LogP contribution in [0.3, 0.4) is 0 Å². The summed E-state index contributed by atoms with van der Waals surface area (Å²) in [6.07, 6.45) is 5.47. The number of hydrogen-bond acceptors (Lipinski definition) is 5. The van der Waals surface area contributed by atoms with Crippen LogP contribution in [-0.4, -0.2) is 59.5 Å². The number of likely N-dealkylation sites (N-methyl/N-ethyl adjacent to an activating group) is 1. The fourth-order valence-electron chi connectivity index (χ4n) is 4.10. The second-order valence-electron chi connectivity index (χ2n) is 7.58. The minimum atomic E-state index is -0.00150. The Kier molecular flexibility index (Phi) is 4.44. The highest BCUT2D eigenvalue weighted by molar-refractivity contribution is 5.93. The van der Waals surface area contributed by atoms with E-state index in [1.807, 2.05) is 36.1 Å². The van der Waals surface area contributed by atoms with Gasteiger partial charge in [0.05, 0.1) is 18.4 Å². The lowest BCUT2D eigenvalue weighted by Crippen LogP contribution is -2.72. The molecule has 1 spiro atoms. The van der Waals surface area contributed by atoms with E-state index < -0.39 is 0 Å². The van der Waals surface area contributed by atoms with Crippen LogP contribution < -0.4 is 4.74 Å². The van der Waals surface area contributed by atoms with Crippen LogP contribution in [0.15, 0.2) is 41.1 Å². The number of pyridine rings is 1. The average molecular weight is 355 g/mol. The molecule has 2 aliphatic heterocycles. The maximum atomic E-state index is 12.6. The van der Waals surface area contributed by atoms with Gasteiger partial charge in [0.2, 0.25) is 5.88 Å². The molecule has 2 aromatic heterocycles. The Bertz CT molecular complexity index is 768. The number of hydrogen-bond donors (Lipinski definition) is 0. The summed E-state index contributed by atoms with van der Waals surface area (Å²) in [7, 11) is 2.16. The van der Waals surface area contributed by atoms with Gasteiger partial charge in [-0.15, -0.1) is 0 Å². The van der Waals surface area contributed by atoms with Crippen molar-refractivity contribution in [2.75, 3.05) is 33.3 Å². The predicted octanol–water partition coefficient (Wildman–Crippen LogP) is 2.60. The fraction of sp³-hybridized carbons (Fsp3) is 0.500. The first-order valence-corrected chi connectivity index (χ1v) is 9.16. The third kappa shape index (κ3) is 3.09. The van der Waals surface area contributed by atoms with E-state index in [1.54, 1.807) is 12.5 Å². The van der Waals surface area contributed by atoms with Gasteiger partial charge in [-0.05, 0) is 51.4 Å². The van der Waals surface area contributed by atoms with Crippen LogP contribution >= 0.6 is 0 Å². The van der Waals surface area contributed by atoms with E-state index >= 15 is 0 Å². The van der Waals surface area contributed by atoms with E-state index in [4.69, 9.17) is 9.15 Å². The first kappa shape index (κ1) is 17.1. The smallest absolute Gasteiger partial charge is 0.289 e. The Morgan fingerprint density at radius 2 is 2.23 bits per heavy atom. The molecule has 6 heteroatoms. The molecule has 2 saturated heterocycles. The lowest BCUT2D eigenvalue weighted by Gasteiger charge is -2.58.